The Morgan fingerprint density at radius 3 is 2.63 bits per heavy atom. The lowest BCUT2D eigenvalue weighted by atomic mass is 10.1. The molecule has 3 N–H and O–H groups in total. The van der Waals surface area contributed by atoms with E-state index in [2.05, 4.69) is 19.2 Å². The second-order valence-corrected chi connectivity index (χ2v) is 5.47. The van der Waals surface area contributed by atoms with Crippen LogP contribution in [0.3, 0.4) is 0 Å². The largest absolute Gasteiger partial charge is 0.504 e. The van der Waals surface area contributed by atoms with Gasteiger partial charge in [0.1, 0.15) is 0 Å². The van der Waals surface area contributed by atoms with Crippen LogP contribution in [0.4, 0.5) is 0 Å². The minimum absolute atomic E-state index is 0.0812. The molecule has 108 valence electrons. The number of phenolic OH excluding ortho intramolecular Hbond substituents is 1. The molecule has 0 saturated carbocycles. The second-order valence-electron chi connectivity index (χ2n) is 5.03. The molecule has 0 aromatic heterocycles. The normalized spacial score (nSPS) is 12.7. The van der Waals surface area contributed by atoms with Gasteiger partial charge in [0.2, 0.25) is 0 Å². The molecule has 4 nitrogen and oxygen atoms in total. The van der Waals surface area contributed by atoms with Crippen molar-refractivity contribution in [1.82, 2.24) is 5.32 Å². The van der Waals surface area contributed by atoms with Gasteiger partial charge in [-0.25, -0.2) is 0 Å². The molecule has 0 heterocycles. The van der Waals surface area contributed by atoms with Crippen molar-refractivity contribution in [2.75, 3.05) is 13.7 Å². The summed E-state index contributed by atoms with van der Waals surface area (Å²) in [4.78, 5) is 0. The first-order chi connectivity index (χ1) is 8.93. The number of hydrogen-bond donors (Lipinski definition) is 3. The van der Waals surface area contributed by atoms with Crippen molar-refractivity contribution in [3.8, 4) is 11.5 Å². The van der Waals surface area contributed by atoms with Gasteiger partial charge in [-0.1, -0.05) is 25.4 Å². The zero-order valence-electron chi connectivity index (χ0n) is 11.6. The summed E-state index contributed by atoms with van der Waals surface area (Å²) in [6, 6.07) is 3.25. The maximum absolute atomic E-state index is 9.94. The summed E-state index contributed by atoms with van der Waals surface area (Å²) in [6.45, 7) is 5.04. The molecule has 0 amide bonds. The molecule has 0 aliphatic rings. The van der Waals surface area contributed by atoms with E-state index in [4.69, 9.17) is 16.3 Å². The van der Waals surface area contributed by atoms with Crippen LogP contribution in [0.15, 0.2) is 12.1 Å². The van der Waals surface area contributed by atoms with Gasteiger partial charge in [-0.05, 0) is 18.4 Å². The van der Waals surface area contributed by atoms with Crippen molar-refractivity contribution in [3.63, 3.8) is 0 Å². The molecule has 0 bridgehead atoms. The molecule has 0 radical (unpaired) electrons. The highest BCUT2D eigenvalue weighted by Gasteiger charge is 2.11. The third-order valence-corrected chi connectivity index (χ3v) is 3.00. The summed E-state index contributed by atoms with van der Waals surface area (Å²) in [6.07, 6.45) is 0.362. The van der Waals surface area contributed by atoms with Crippen molar-refractivity contribution in [2.45, 2.75) is 32.9 Å². The number of phenols is 1. The lowest BCUT2D eigenvalue weighted by Crippen LogP contribution is -2.27. The molecular weight excluding hydrogens is 266 g/mol. The molecule has 0 spiro atoms. The fourth-order valence-corrected chi connectivity index (χ4v) is 2.15. The lowest BCUT2D eigenvalue weighted by molar-refractivity contribution is 0.146. The number of hydrogen-bond acceptors (Lipinski definition) is 4. The Morgan fingerprint density at radius 2 is 2.05 bits per heavy atom. The monoisotopic (exact) mass is 287 g/mol. The van der Waals surface area contributed by atoms with E-state index < -0.39 is 0 Å². The maximum atomic E-state index is 9.94. The summed E-state index contributed by atoms with van der Waals surface area (Å²) in [7, 11) is 1.48. The molecule has 1 rings (SSSR count). The first-order valence-corrected chi connectivity index (χ1v) is 6.76. The molecule has 5 heteroatoms. The predicted molar refractivity (Wildman–Crippen MR) is 76.8 cm³/mol. The third-order valence-electron chi connectivity index (χ3n) is 2.78. The van der Waals surface area contributed by atoms with Crippen LogP contribution in [0, 0.1) is 5.92 Å². The number of ether oxygens (including phenoxy) is 1. The van der Waals surface area contributed by atoms with E-state index >= 15 is 0 Å². The Labute approximate surface area is 119 Å². The molecule has 0 aliphatic carbocycles. The highest BCUT2D eigenvalue weighted by Crippen LogP contribution is 2.33. The van der Waals surface area contributed by atoms with E-state index in [0.29, 0.717) is 35.3 Å². The van der Waals surface area contributed by atoms with Gasteiger partial charge in [-0.15, -0.1) is 0 Å². The van der Waals surface area contributed by atoms with Crippen LogP contribution < -0.4 is 10.1 Å². The van der Waals surface area contributed by atoms with E-state index in [9.17, 15) is 10.2 Å². The molecule has 1 aromatic carbocycles. The van der Waals surface area contributed by atoms with E-state index in [-0.39, 0.29) is 11.9 Å². The first-order valence-electron chi connectivity index (χ1n) is 6.38. The van der Waals surface area contributed by atoms with Gasteiger partial charge >= 0.3 is 0 Å². The zero-order chi connectivity index (χ0) is 14.4. The summed E-state index contributed by atoms with van der Waals surface area (Å²) >= 11 is 5.94. The molecule has 19 heavy (non-hydrogen) atoms. The Balaban J connectivity index is 2.56. The summed E-state index contributed by atoms with van der Waals surface area (Å²) in [5, 5.41) is 23.3. The quantitative estimate of drug-likeness (QED) is 0.721. The Hall–Kier alpha value is -0.970. The van der Waals surface area contributed by atoms with Crippen LogP contribution in [-0.2, 0) is 6.54 Å². The number of nitrogens with one attached hydrogen (secondary N) is 1. The fourth-order valence-electron chi connectivity index (χ4n) is 1.92. The van der Waals surface area contributed by atoms with Crippen molar-refractivity contribution < 1.29 is 14.9 Å². The van der Waals surface area contributed by atoms with Crippen LogP contribution in [-0.4, -0.2) is 30.0 Å². The number of aliphatic hydroxyl groups is 1. The number of aliphatic hydroxyl groups excluding tert-OH is 1. The van der Waals surface area contributed by atoms with Crippen molar-refractivity contribution in [2.24, 2.45) is 5.92 Å². The van der Waals surface area contributed by atoms with E-state index in [1.54, 1.807) is 12.1 Å². The van der Waals surface area contributed by atoms with Crippen LogP contribution >= 0.6 is 11.6 Å². The van der Waals surface area contributed by atoms with Gasteiger partial charge in [0.15, 0.2) is 11.5 Å². The van der Waals surface area contributed by atoms with Crippen LogP contribution in [0.5, 0.6) is 11.5 Å². The minimum Gasteiger partial charge on any atom is -0.504 e. The van der Waals surface area contributed by atoms with Gasteiger partial charge in [-0.3, -0.25) is 0 Å². The average molecular weight is 288 g/mol. The molecule has 0 saturated heterocycles. The van der Waals surface area contributed by atoms with Crippen LogP contribution in [0.1, 0.15) is 25.8 Å². The predicted octanol–water partition coefficient (Wildman–Crippen LogP) is 2.55. The fraction of sp³-hybridized carbons (Fsp3) is 0.571. The number of benzene rings is 1. The smallest absolute Gasteiger partial charge is 0.162 e. The number of aromatic hydroxyl groups is 1. The lowest BCUT2D eigenvalue weighted by Gasteiger charge is -2.15. The molecule has 0 aliphatic heterocycles. The number of rotatable bonds is 7. The molecular formula is C14H22ClNO3. The average Bonchev–Trinajstić information content (AvgIpc) is 2.32. The topological polar surface area (TPSA) is 61.7 Å². The van der Waals surface area contributed by atoms with E-state index in [1.165, 1.54) is 7.11 Å². The highest BCUT2D eigenvalue weighted by atomic mass is 35.5. The van der Waals surface area contributed by atoms with Crippen LogP contribution in [0.25, 0.3) is 0 Å². The van der Waals surface area contributed by atoms with Gasteiger partial charge in [0, 0.05) is 29.7 Å². The Kier molecular flexibility index (Phi) is 6.42. The zero-order valence-corrected chi connectivity index (χ0v) is 12.4. The summed E-state index contributed by atoms with van der Waals surface area (Å²) in [5.41, 5.74) is 0.654. The summed E-state index contributed by atoms with van der Waals surface area (Å²) < 4.78 is 5.03. The Bertz CT molecular complexity index is 410. The van der Waals surface area contributed by atoms with Gasteiger partial charge in [0.25, 0.3) is 0 Å². The highest BCUT2D eigenvalue weighted by molar-refractivity contribution is 6.30. The molecule has 0 fully saturated rings. The summed E-state index contributed by atoms with van der Waals surface area (Å²) in [5.74, 6) is 0.890. The molecule has 1 unspecified atom stereocenters. The van der Waals surface area contributed by atoms with Crippen molar-refractivity contribution in [1.29, 1.82) is 0 Å². The minimum atomic E-state index is -0.386. The standard InChI is InChI=1S/C14H22ClNO3/c1-9(2)4-12(17)8-16-7-10-5-11(15)6-13(19-3)14(10)18/h5-6,9,12,16-18H,4,7-8H2,1-3H3. The molecule has 1 atom stereocenters. The SMILES string of the molecule is COc1cc(Cl)cc(CNCC(O)CC(C)C)c1O. The molecule has 1 aromatic rings. The van der Waals surface area contributed by atoms with Gasteiger partial charge in [0.05, 0.1) is 13.2 Å². The second kappa shape index (κ2) is 7.58. The Morgan fingerprint density at radius 1 is 1.37 bits per heavy atom. The first kappa shape index (κ1) is 16.1. The third kappa shape index (κ3) is 5.27. The number of methoxy groups -OCH3 is 1. The van der Waals surface area contributed by atoms with Crippen molar-refractivity contribution in [3.05, 3.63) is 22.7 Å². The van der Waals surface area contributed by atoms with Crippen molar-refractivity contribution >= 4 is 11.6 Å². The van der Waals surface area contributed by atoms with E-state index in [0.717, 1.165) is 6.42 Å². The van der Waals surface area contributed by atoms with Gasteiger partial charge in [-0.2, -0.15) is 0 Å². The van der Waals surface area contributed by atoms with Crippen LogP contribution in [0.2, 0.25) is 5.02 Å². The van der Waals surface area contributed by atoms with E-state index in [1.807, 2.05) is 0 Å². The number of halogens is 1. The maximum Gasteiger partial charge on any atom is 0.162 e. The van der Waals surface area contributed by atoms with Gasteiger partial charge < -0.3 is 20.3 Å².